The molecule has 2 aromatic heterocycles. The van der Waals surface area contributed by atoms with Crippen LogP contribution in [0.15, 0.2) is 41.4 Å². The summed E-state index contributed by atoms with van der Waals surface area (Å²) < 4.78 is 26.1. The molecule has 11 nitrogen and oxygen atoms in total. The number of anilines is 2. The predicted octanol–water partition coefficient (Wildman–Crippen LogP) is 1.40. The number of aromatic nitrogens is 3. The van der Waals surface area contributed by atoms with Gasteiger partial charge in [-0.1, -0.05) is 12.1 Å². The summed E-state index contributed by atoms with van der Waals surface area (Å²) in [6, 6.07) is 8.50. The zero-order valence-electron chi connectivity index (χ0n) is 16.6. The van der Waals surface area contributed by atoms with E-state index in [-0.39, 0.29) is 4.90 Å². The normalized spacial score (nSPS) is 14.3. The summed E-state index contributed by atoms with van der Waals surface area (Å²) in [7, 11) is -3.86. The van der Waals surface area contributed by atoms with Crippen LogP contribution >= 0.6 is 0 Å². The lowest BCUT2D eigenvalue weighted by molar-refractivity contribution is -0.135. The first-order chi connectivity index (χ1) is 14.9. The van der Waals surface area contributed by atoms with Crippen LogP contribution in [0.4, 0.5) is 11.8 Å². The average Bonchev–Trinajstić information content (AvgIpc) is 3.18. The average molecular weight is 446 g/mol. The molecule has 1 aromatic carbocycles. The second kappa shape index (κ2) is 8.88. The molecular weight excluding hydrogens is 422 g/mol. The van der Waals surface area contributed by atoms with Crippen molar-refractivity contribution in [1.82, 2.24) is 25.1 Å². The summed E-state index contributed by atoms with van der Waals surface area (Å²) in [5.41, 5.74) is 7.54. The number of carbonyl (C=O) groups is 1. The van der Waals surface area contributed by atoms with E-state index in [0.29, 0.717) is 18.5 Å². The van der Waals surface area contributed by atoms with Crippen molar-refractivity contribution >= 4 is 38.8 Å². The Bertz CT molecular complexity index is 1170. The predicted molar refractivity (Wildman–Crippen MR) is 115 cm³/mol. The zero-order valence-corrected chi connectivity index (χ0v) is 17.4. The molecule has 1 aliphatic carbocycles. The lowest BCUT2D eigenvalue weighted by atomic mass is 9.93. The van der Waals surface area contributed by atoms with Gasteiger partial charge in [-0.2, -0.15) is 14.7 Å². The molecule has 4 rings (SSSR count). The first kappa shape index (κ1) is 21.0. The number of fused-ring (bicyclic) bond motifs is 1. The molecule has 0 saturated heterocycles. The topological polar surface area (TPSA) is 161 Å². The summed E-state index contributed by atoms with van der Waals surface area (Å²) in [6.07, 6.45) is 5.31. The molecule has 2 heterocycles. The molecule has 1 fully saturated rings. The highest BCUT2D eigenvalue weighted by molar-refractivity contribution is 7.89. The van der Waals surface area contributed by atoms with E-state index < -0.39 is 22.5 Å². The van der Waals surface area contributed by atoms with Gasteiger partial charge in [-0.25, -0.2) is 13.8 Å². The number of nitrogens with zero attached hydrogens (tertiary/aromatic N) is 2. The van der Waals surface area contributed by atoms with Crippen LogP contribution in [0.3, 0.4) is 0 Å². The zero-order chi connectivity index (χ0) is 21.8. The van der Waals surface area contributed by atoms with Crippen LogP contribution in [0, 0.1) is 0 Å². The third kappa shape index (κ3) is 5.10. The molecule has 0 aliphatic heterocycles. The summed E-state index contributed by atoms with van der Waals surface area (Å²) in [4.78, 5) is 22.7. The number of H-pyrrole nitrogens is 1. The molecule has 31 heavy (non-hydrogen) atoms. The molecule has 0 spiro atoms. The third-order valence-electron chi connectivity index (χ3n) is 5.00. The summed E-state index contributed by atoms with van der Waals surface area (Å²) in [5.74, 6) is -0.0567. The Morgan fingerprint density at radius 3 is 2.61 bits per heavy atom. The minimum absolute atomic E-state index is 0.00213. The van der Waals surface area contributed by atoms with Crippen molar-refractivity contribution in [3.8, 4) is 0 Å². The van der Waals surface area contributed by atoms with Crippen LogP contribution in [-0.2, 0) is 21.4 Å². The Kier molecular flexibility index (Phi) is 6.02. The second-order valence-electron chi connectivity index (χ2n) is 7.25. The van der Waals surface area contributed by atoms with E-state index in [1.807, 2.05) is 17.0 Å². The van der Waals surface area contributed by atoms with Gasteiger partial charge in [0.1, 0.15) is 18.0 Å². The van der Waals surface area contributed by atoms with Gasteiger partial charge in [-0.05, 0) is 43.0 Å². The van der Waals surface area contributed by atoms with Crippen molar-refractivity contribution in [2.75, 3.05) is 17.3 Å². The highest BCUT2D eigenvalue weighted by Gasteiger charge is 2.19. The van der Waals surface area contributed by atoms with E-state index in [9.17, 15) is 13.2 Å². The molecule has 0 radical (unpaired) electrons. The number of aliphatic carboxylic acids is 1. The lowest BCUT2D eigenvalue weighted by Gasteiger charge is -2.27. The minimum Gasteiger partial charge on any atom is -0.480 e. The van der Waals surface area contributed by atoms with Crippen LogP contribution in [0.2, 0.25) is 0 Å². The van der Waals surface area contributed by atoms with Crippen LogP contribution < -0.4 is 20.9 Å². The number of rotatable bonds is 10. The van der Waals surface area contributed by atoms with E-state index in [1.54, 1.807) is 12.1 Å². The molecule has 1 aliphatic rings. The number of hydrogen-bond acceptors (Lipinski definition) is 8. The van der Waals surface area contributed by atoms with Crippen LogP contribution in [0.5, 0.6) is 0 Å². The third-order valence-corrected chi connectivity index (χ3v) is 6.42. The molecule has 12 heteroatoms. The summed E-state index contributed by atoms with van der Waals surface area (Å²) >= 11 is 0. The minimum atomic E-state index is -3.86. The van der Waals surface area contributed by atoms with Gasteiger partial charge in [0.05, 0.1) is 10.3 Å². The van der Waals surface area contributed by atoms with E-state index in [2.05, 4.69) is 31.1 Å². The van der Waals surface area contributed by atoms with Gasteiger partial charge >= 0.3 is 5.97 Å². The number of sulfonamides is 1. The van der Waals surface area contributed by atoms with Crippen molar-refractivity contribution in [3.05, 3.63) is 42.1 Å². The highest BCUT2D eigenvalue weighted by atomic mass is 32.2. The van der Waals surface area contributed by atoms with Gasteiger partial charge in [0.2, 0.25) is 16.0 Å². The van der Waals surface area contributed by atoms with Crippen LogP contribution in [0.1, 0.15) is 24.8 Å². The van der Waals surface area contributed by atoms with Gasteiger partial charge in [0.15, 0.2) is 0 Å². The number of nitrogens with one attached hydrogen (secondary N) is 5. The van der Waals surface area contributed by atoms with Crippen molar-refractivity contribution in [1.29, 1.82) is 0 Å². The van der Waals surface area contributed by atoms with E-state index >= 15 is 0 Å². The van der Waals surface area contributed by atoms with E-state index in [0.717, 1.165) is 35.3 Å². The Labute approximate surface area is 178 Å². The van der Waals surface area contributed by atoms with Gasteiger partial charge in [-0.15, -0.1) is 0 Å². The maximum absolute atomic E-state index is 12.0. The smallest absolute Gasteiger partial charge is 0.318 e. The number of benzene rings is 1. The second-order valence-corrected chi connectivity index (χ2v) is 9.02. The van der Waals surface area contributed by atoms with Crippen molar-refractivity contribution < 1.29 is 18.3 Å². The number of aromatic amines is 1. The Balaban J connectivity index is 1.37. The maximum atomic E-state index is 12.0. The fourth-order valence-corrected chi connectivity index (χ4v) is 4.08. The fraction of sp³-hybridized carbons (Fsp3) is 0.316. The lowest BCUT2D eigenvalue weighted by Crippen LogP contribution is -2.29. The first-order valence-electron chi connectivity index (χ1n) is 9.82. The number of carboxylic acids is 1. The number of hydrazine groups is 1. The molecule has 3 aromatic rings. The molecule has 0 atom stereocenters. The summed E-state index contributed by atoms with van der Waals surface area (Å²) in [5, 5.41) is 13.0. The van der Waals surface area contributed by atoms with Gasteiger partial charge in [-0.3, -0.25) is 10.2 Å². The van der Waals surface area contributed by atoms with Gasteiger partial charge in [0, 0.05) is 18.8 Å². The standard InChI is InChI=1S/C19H23N7O4S/c27-16(28)11-22-31(29,30)14-6-4-12(5-7-14)10-21-26-19-24-17-15(8-9-20-17)18(25-19)23-13-2-1-3-13/h4-9,13,21-22H,1-3,10-11H2,(H,27,28)(H3,20,23,24,25,26). The molecule has 6 N–H and O–H groups in total. The van der Waals surface area contributed by atoms with Gasteiger partial charge < -0.3 is 15.4 Å². The monoisotopic (exact) mass is 445 g/mol. The molecular formula is C19H23N7O4S. The maximum Gasteiger partial charge on any atom is 0.318 e. The van der Waals surface area contributed by atoms with E-state index in [1.165, 1.54) is 18.6 Å². The molecule has 0 amide bonds. The van der Waals surface area contributed by atoms with Crippen molar-refractivity contribution in [2.24, 2.45) is 0 Å². The quantitative estimate of drug-likeness (QED) is 0.253. The fourth-order valence-electron chi connectivity index (χ4n) is 3.10. The Morgan fingerprint density at radius 1 is 1.16 bits per heavy atom. The summed E-state index contributed by atoms with van der Waals surface area (Å²) in [6.45, 7) is -0.279. The van der Waals surface area contributed by atoms with Crippen LogP contribution in [0.25, 0.3) is 11.0 Å². The molecule has 0 bridgehead atoms. The number of hydrogen-bond donors (Lipinski definition) is 6. The first-order valence-corrected chi connectivity index (χ1v) is 11.3. The number of carboxylic acid groups (broad SMARTS) is 1. The largest absolute Gasteiger partial charge is 0.480 e. The Hall–Kier alpha value is -3.22. The molecule has 1 saturated carbocycles. The van der Waals surface area contributed by atoms with Gasteiger partial charge in [0.25, 0.3) is 0 Å². The Morgan fingerprint density at radius 2 is 1.94 bits per heavy atom. The molecule has 164 valence electrons. The van der Waals surface area contributed by atoms with Crippen LogP contribution in [-0.4, -0.2) is 47.0 Å². The van der Waals surface area contributed by atoms with E-state index in [4.69, 9.17) is 5.11 Å². The van der Waals surface area contributed by atoms with Crippen molar-refractivity contribution in [3.63, 3.8) is 0 Å². The SMILES string of the molecule is O=C(O)CNS(=O)(=O)c1ccc(CNNc2nc(NC3CCC3)c3cc[nH]c3n2)cc1. The van der Waals surface area contributed by atoms with Crippen molar-refractivity contribution in [2.45, 2.75) is 36.7 Å². The highest BCUT2D eigenvalue weighted by Crippen LogP contribution is 2.27. The molecule has 0 unspecified atom stereocenters.